The number of carbonyl (C=O) groups excluding carboxylic acids is 1. The van der Waals surface area contributed by atoms with Crippen LogP contribution in [-0.2, 0) is 4.79 Å². The van der Waals surface area contributed by atoms with E-state index >= 15 is 0 Å². The summed E-state index contributed by atoms with van der Waals surface area (Å²) < 4.78 is 5.29. The van der Waals surface area contributed by atoms with Gasteiger partial charge in [-0.3, -0.25) is 4.79 Å². The first-order valence-corrected chi connectivity index (χ1v) is 6.16. The van der Waals surface area contributed by atoms with Gasteiger partial charge in [0, 0.05) is 0 Å². The van der Waals surface area contributed by atoms with Crippen molar-refractivity contribution in [3.8, 4) is 5.75 Å². The molecule has 0 aliphatic rings. The molecule has 0 bridgehead atoms. The summed E-state index contributed by atoms with van der Waals surface area (Å²) in [7, 11) is 1.50. The van der Waals surface area contributed by atoms with Gasteiger partial charge in [-0.2, -0.15) is 0 Å². The Hall–Kier alpha value is -1.66. The Bertz CT molecular complexity index is 425. The van der Waals surface area contributed by atoms with E-state index in [1.165, 1.54) is 13.1 Å². The summed E-state index contributed by atoms with van der Waals surface area (Å²) in [6.07, 6.45) is 2.34. The summed E-state index contributed by atoms with van der Waals surface area (Å²) in [4.78, 5) is 22.3. The number of hydrogen-bond acceptors (Lipinski definition) is 5. The number of thiophene rings is 1. The minimum atomic E-state index is -1.05. The Morgan fingerprint density at radius 3 is 2.61 bits per heavy atom. The van der Waals surface area contributed by atoms with E-state index < -0.39 is 12.1 Å². The number of aromatic carboxylic acids is 1. The Kier molecular flexibility index (Phi) is 7.66. The van der Waals surface area contributed by atoms with Gasteiger partial charge in [0.05, 0.1) is 0 Å². The summed E-state index contributed by atoms with van der Waals surface area (Å²) in [6, 6.07) is 1.55. The van der Waals surface area contributed by atoms with Crippen molar-refractivity contribution in [3.05, 3.63) is 28.5 Å². The Balaban J connectivity index is 0.00000137. The summed E-state index contributed by atoms with van der Waals surface area (Å²) in [5, 5.41) is 10.5. The predicted octanol–water partition coefficient (Wildman–Crippen LogP) is 1.93. The van der Waals surface area contributed by atoms with Crippen LogP contribution >= 0.6 is 11.3 Å². The second-order valence-corrected chi connectivity index (χ2v) is 4.00. The van der Waals surface area contributed by atoms with Crippen LogP contribution in [0.2, 0.25) is 0 Å². The van der Waals surface area contributed by atoms with Gasteiger partial charge in [-0.05, 0) is 38.4 Å². The molecule has 0 aliphatic heterocycles. The molecule has 0 saturated carbocycles. The topological polar surface area (TPSA) is 89.6 Å². The van der Waals surface area contributed by atoms with Crippen molar-refractivity contribution in [2.45, 2.75) is 20.0 Å². The Morgan fingerprint density at radius 2 is 2.11 bits per heavy atom. The molecule has 0 radical (unpaired) electrons. The molecule has 5 nitrogen and oxygen atoms in total. The molecule has 1 unspecified atom stereocenters. The molecule has 1 heterocycles. The molecule has 0 aliphatic carbocycles. The van der Waals surface area contributed by atoms with Crippen LogP contribution in [0.15, 0.2) is 23.6 Å². The molecule has 3 N–H and O–H groups in total. The fourth-order valence-electron chi connectivity index (χ4n) is 1.09. The number of allylic oxidation sites excluding steroid dienone is 1. The van der Waals surface area contributed by atoms with Crippen LogP contribution in [0, 0.1) is 0 Å². The van der Waals surface area contributed by atoms with E-state index in [0.717, 1.165) is 11.3 Å². The van der Waals surface area contributed by atoms with E-state index in [1.807, 2.05) is 0 Å². The second kappa shape index (κ2) is 8.43. The first kappa shape index (κ1) is 16.3. The summed E-state index contributed by atoms with van der Waals surface area (Å²) in [5.74, 6) is -0.997. The molecule has 100 valence electrons. The summed E-state index contributed by atoms with van der Waals surface area (Å²) in [6.45, 7) is 3.32. The number of hydrogen-bond donors (Lipinski definition) is 2. The van der Waals surface area contributed by atoms with Crippen molar-refractivity contribution >= 4 is 23.1 Å². The lowest BCUT2D eigenvalue weighted by Gasteiger charge is -2.10. The van der Waals surface area contributed by atoms with Gasteiger partial charge >= 0.3 is 5.97 Å². The van der Waals surface area contributed by atoms with Gasteiger partial charge in [-0.1, -0.05) is 6.08 Å². The molecule has 6 heteroatoms. The summed E-state index contributed by atoms with van der Waals surface area (Å²) in [5.41, 5.74) is 4.50. The number of carboxylic acid groups (broad SMARTS) is 1. The lowest BCUT2D eigenvalue weighted by molar-refractivity contribution is -0.120. The molecule has 0 saturated heterocycles. The average molecular weight is 271 g/mol. The van der Waals surface area contributed by atoms with Crippen molar-refractivity contribution in [1.82, 2.24) is 0 Å². The highest BCUT2D eigenvalue weighted by Crippen LogP contribution is 2.25. The van der Waals surface area contributed by atoms with E-state index in [1.54, 1.807) is 31.4 Å². The van der Waals surface area contributed by atoms with Crippen LogP contribution < -0.4 is 10.5 Å². The lowest BCUT2D eigenvalue weighted by atomic mass is 10.2. The van der Waals surface area contributed by atoms with Crippen LogP contribution in [-0.4, -0.2) is 30.0 Å². The maximum absolute atomic E-state index is 11.4. The molecule has 0 amide bonds. The van der Waals surface area contributed by atoms with Gasteiger partial charge in [0.15, 0.2) is 16.8 Å². The molecule has 18 heavy (non-hydrogen) atoms. The number of ketones is 1. The molecule has 0 spiro atoms. The van der Waals surface area contributed by atoms with E-state index in [9.17, 15) is 9.59 Å². The van der Waals surface area contributed by atoms with E-state index in [-0.39, 0.29) is 16.4 Å². The first-order chi connectivity index (χ1) is 8.56. The highest BCUT2D eigenvalue weighted by Gasteiger charge is 2.18. The molecular weight excluding hydrogens is 254 g/mol. The third-order valence-corrected chi connectivity index (χ3v) is 2.74. The predicted molar refractivity (Wildman–Crippen MR) is 71.3 cm³/mol. The fraction of sp³-hybridized carbons (Fsp3) is 0.333. The maximum atomic E-state index is 11.4. The van der Waals surface area contributed by atoms with Crippen LogP contribution in [0.3, 0.4) is 0 Å². The third-order valence-electron chi connectivity index (χ3n) is 1.86. The standard InChI is InChI=1S/C11H12O4S.CH5N/c1-3-4-8(12)7(2)15-9-5-6-16-10(9)11(13)14;1-2/h3-7H,1-2H3,(H,13,14);2H2,1H3/b4-3+;. The molecule has 1 atom stereocenters. The van der Waals surface area contributed by atoms with Crippen LogP contribution in [0.4, 0.5) is 0 Å². The normalized spacial score (nSPS) is 11.6. The number of carbonyl (C=O) groups is 2. The number of ether oxygens (including phenoxy) is 1. The highest BCUT2D eigenvalue weighted by molar-refractivity contribution is 7.12. The highest BCUT2D eigenvalue weighted by atomic mass is 32.1. The molecule has 1 aromatic heterocycles. The molecular formula is C12H17NO4S. The van der Waals surface area contributed by atoms with E-state index in [4.69, 9.17) is 9.84 Å². The lowest BCUT2D eigenvalue weighted by Crippen LogP contribution is -2.22. The first-order valence-electron chi connectivity index (χ1n) is 5.28. The van der Waals surface area contributed by atoms with Crippen molar-refractivity contribution < 1.29 is 19.4 Å². The monoisotopic (exact) mass is 271 g/mol. The second-order valence-electron chi connectivity index (χ2n) is 3.08. The zero-order valence-corrected chi connectivity index (χ0v) is 11.4. The van der Waals surface area contributed by atoms with Gasteiger partial charge in [0.2, 0.25) is 0 Å². The van der Waals surface area contributed by atoms with Gasteiger partial charge in [0.25, 0.3) is 0 Å². The van der Waals surface area contributed by atoms with Gasteiger partial charge < -0.3 is 15.6 Å². The summed E-state index contributed by atoms with van der Waals surface area (Å²) >= 11 is 1.07. The Morgan fingerprint density at radius 1 is 1.50 bits per heavy atom. The van der Waals surface area contributed by atoms with Gasteiger partial charge in [0.1, 0.15) is 5.75 Å². The molecule has 1 aromatic rings. The third kappa shape index (κ3) is 4.68. The SMILES string of the molecule is C/C=C/C(=O)C(C)Oc1ccsc1C(=O)O.CN. The maximum Gasteiger partial charge on any atom is 0.349 e. The fourth-order valence-corrected chi connectivity index (χ4v) is 1.76. The van der Waals surface area contributed by atoms with E-state index in [2.05, 4.69) is 5.73 Å². The molecule has 1 rings (SSSR count). The number of carboxylic acids is 1. The number of nitrogens with two attached hydrogens (primary N) is 1. The van der Waals surface area contributed by atoms with Crippen LogP contribution in [0.25, 0.3) is 0 Å². The smallest absolute Gasteiger partial charge is 0.349 e. The minimum Gasteiger partial charge on any atom is -0.481 e. The molecule has 0 aromatic carbocycles. The number of rotatable bonds is 5. The van der Waals surface area contributed by atoms with Crippen LogP contribution in [0.5, 0.6) is 5.75 Å². The quantitative estimate of drug-likeness (QED) is 0.799. The van der Waals surface area contributed by atoms with Crippen molar-refractivity contribution in [2.75, 3.05) is 7.05 Å². The van der Waals surface area contributed by atoms with Crippen molar-refractivity contribution in [1.29, 1.82) is 0 Å². The van der Waals surface area contributed by atoms with Crippen LogP contribution in [0.1, 0.15) is 23.5 Å². The van der Waals surface area contributed by atoms with Crippen molar-refractivity contribution in [3.63, 3.8) is 0 Å². The van der Waals surface area contributed by atoms with Crippen molar-refractivity contribution in [2.24, 2.45) is 5.73 Å². The van der Waals surface area contributed by atoms with Gasteiger partial charge in [-0.15, -0.1) is 11.3 Å². The largest absolute Gasteiger partial charge is 0.481 e. The Labute approximate surface area is 110 Å². The zero-order valence-electron chi connectivity index (χ0n) is 10.5. The molecule has 0 fully saturated rings. The van der Waals surface area contributed by atoms with E-state index in [0.29, 0.717) is 0 Å². The minimum absolute atomic E-state index is 0.111. The van der Waals surface area contributed by atoms with Gasteiger partial charge in [-0.25, -0.2) is 4.79 Å². The average Bonchev–Trinajstić information content (AvgIpc) is 2.80. The zero-order chi connectivity index (χ0) is 14.1.